The molecule has 7 heteroatoms. The van der Waals surface area contributed by atoms with Gasteiger partial charge >= 0.3 is 0 Å². The van der Waals surface area contributed by atoms with Crippen LogP contribution >= 0.6 is 0 Å². The van der Waals surface area contributed by atoms with E-state index in [2.05, 4.69) is 5.10 Å². The Bertz CT molecular complexity index is 657. The number of aromatic nitrogens is 2. The second-order valence-electron chi connectivity index (χ2n) is 3.79. The standard InChI is InChI=1S/C11H12N4O3/c1-7-8(6-12)11(16)13-14(7)9-4-2-3-5-10(9)15(17)18/h2-5H,6,12H2,1H3,(H,13,16). The van der Waals surface area contributed by atoms with Crippen molar-refractivity contribution in [3.63, 3.8) is 0 Å². The molecule has 0 bridgehead atoms. The van der Waals surface area contributed by atoms with Crippen LogP contribution in [0.15, 0.2) is 29.1 Å². The molecule has 0 saturated carbocycles. The van der Waals surface area contributed by atoms with Crippen LogP contribution in [0.2, 0.25) is 0 Å². The van der Waals surface area contributed by atoms with Crippen LogP contribution in [0, 0.1) is 17.0 Å². The maximum Gasteiger partial charge on any atom is 0.294 e. The van der Waals surface area contributed by atoms with Crippen molar-refractivity contribution in [2.24, 2.45) is 5.73 Å². The Morgan fingerprint density at radius 2 is 2.11 bits per heavy atom. The van der Waals surface area contributed by atoms with E-state index >= 15 is 0 Å². The maximum atomic E-state index is 11.6. The van der Waals surface area contributed by atoms with Crippen molar-refractivity contribution in [1.82, 2.24) is 9.78 Å². The number of nitro groups is 1. The number of benzene rings is 1. The normalized spacial score (nSPS) is 10.6. The van der Waals surface area contributed by atoms with Crippen LogP contribution in [0.4, 0.5) is 5.69 Å². The third-order valence-electron chi connectivity index (χ3n) is 2.78. The van der Waals surface area contributed by atoms with E-state index in [1.807, 2.05) is 0 Å². The zero-order chi connectivity index (χ0) is 13.3. The van der Waals surface area contributed by atoms with E-state index in [0.717, 1.165) is 0 Å². The molecule has 2 aromatic rings. The van der Waals surface area contributed by atoms with Crippen molar-refractivity contribution in [3.8, 4) is 5.69 Å². The highest BCUT2D eigenvalue weighted by molar-refractivity contribution is 5.52. The van der Waals surface area contributed by atoms with E-state index < -0.39 is 4.92 Å². The van der Waals surface area contributed by atoms with Gasteiger partial charge < -0.3 is 5.73 Å². The molecule has 1 aromatic carbocycles. The van der Waals surface area contributed by atoms with Crippen LogP contribution in [-0.4, -0.2) is 14.7 Å². The number of para-hydroxylation sites is 2. The smallest absolute Gasteiger partial charge is 0.294 e. The number of rotatable bonds is 3. The summed E-state index contributed by atoms with van der Waals surface area (Å²) in [5, 5.41) is 13.5. The number of nitrogens with zero attached hydrogens (tertiary/aromatic N) is 2. The number of nitrogens with one attached hydrogen (secondary N) is 1. The highest BCUT2D eigenvalue weighted by Crippen LogP contribution is 2.22. The summed E-state index contributed by atoms with van der Waals surface area (Å²) < 4.78 is 1.39. The maximum absolute atomic E-state index is 11.6. The minimum absolute atomic E-state index is 0.0737. The first-order chi connectivity index (χ1) is 8.56. The number of hydrogen-bond acceptors (Lipinski definition) is 4. The fourth-order valence-electron chi connectivity index (χ4n) is 1.84. The van der Waals surface area contributed by atoms with Gasteiger partial charge in [0.25, 0.3) is 11.2 Å². The molecule has 0 aliphatic heterocycles. The Balaban J connectivity index is 2.70. The molecule has 7 nitrogen and oxygen atoms in total. The molecular formula is C11H12N4O3. The molecule has 2 rings (SSSR count). The molecular weight excluding hydrogens is 236 g/mol. The van der Waals surface area contributed by atoms with Gasteiger partial charge in [-0.05, 0) is 13.0 Å². The quantitative estimate of drug-likeness (QED) is 0.619. The summed E-state index contributed by atoms with van der Waals surface area (Å²) in [7, 11) is 0. The summed E-state index contributed by atoms with van der Waals surface area (Å²) in [6.45, 7) is 1.78. The first-order valence-corrected chi connectivity index (χ1v) is 5.30. The number of nitrogens with two attached hydrogens (primary N) is 1. The van der Waals surface area contributed by atoms with Crippen LogP contribution < -0.4 is 11.3 Å². The van der Waals surface area contributed by atoms with Crippen molar-refractivity contribution in [3.05, 3.63) is 56.0 Å². The molecule has 0 fully saturated rings. The Morgan fingerprint density at radius 1 is 1.44 bits per heavy atom. The van der Waals surface area contributed by atoms with E-state index in [1.54, 1.807) is 25.1 Å². The monoisotopic (exact) mass is 248 g/mol. The average molecular weight is 248 g/mol. The van der Waals surface area contributed by atoms with Gasteiger partial charge in [0.05, 0.1) is 10.5 Å². The van der Waals surface area contributed by atoms with Gasteiger partial charge in [-0.25, -0.2) is 0 Å². The summed E-state index contributed by atoms with van der Waals surface area (Å²) in [5.74, 6) is 0. The van der Waals surface area contributed by atoms with E-state index in [9.17, 15) is 14.9 Å². The van der Waals surface area contributed by atoms with Crippen molar-refractivity contribution in [1.29, 1.82) is 0 Å². The lowest BCUT2D eigenvalue weighted by Crippen LogP contribution is -2.11. The largest absolute Gasteiger partial charge is 0.326 e. The molecule has 0 saturated heterocycles. The van der Waals surface area contributed by atoms with Gasteiger partial charge in [-0.1, -0.05) is 12.1 Å². The zero-order valence-corrected chi connectivity index (χ0v) is 9.71. The van der Waals surface area contributed by atoms with Crippen LogP contribution in [0.25, 0.3) is 5.69 Å². The molecule has 94 valence electrons. The predicted molar refractivity (Wildman–Crippen MR) is 65.7 cm³/mol. The number of hydrogen-bond donors (Lipinski definition) is 2. The summed E-state index contributed by atoms with van der Waals surface area (Å²) in [4.78, 5) is 22.1. The summed E-state index contributed by atoms with van der Waals surface area (Å²) in [5.41, 5.74) is 6.40. The Hall–Kier alpha value is -2.41. The highest BCUT2D eigenvalue weighted by Gasteiger charge is 2.18. The summed E-state index contributed by atoms with van der Waals surface area (Å²) >= 11 is 0. The molecule has 1 aromatic heterocycles. The molecule has 0 spiro atoms. The lowest BCUT2D eigenvalue weighted by atomic mass is 10.2. The lowest BCUT2D eigenvalue weighted by molar-refractivity contribution is -0.384. The van der Waals surface area contributed by atoms with Crippen LogP contribution in [0.5, 0.6) is 0 Å². The van der Waals surface area contributed by atoms with Crippen molar-refractivity contribution in [2.75, 3.05) is 0 Å². The van der Waals surface area contributed by atoms with Crippen molar-refractivity contribution < 1.29 is 4.92 Å². The third kappa shape index (κ3) is 1.80. The summed E-state index contributed by atoms with van der Waals surface area (Å²) in [6.07, 6.45) is 0. The number of aromatic amines is 1. The molecule has 0 radical (unpaired) electrons. The molecule has 0 unspecified atom stereocenters. The molecule has 0 amide bonds. The SMILES string of the molecule is Cc1c(CN)c(=O)[nH]n1-c1ccccc1[N+](=O)[O-]. The fraction of sp³-hybridized carbons (Fsp3) is 0.182. The van der Waals surface area contributed by atoms with Gasteiger partial charge in [0.1, 0.15) is 5.69 Å². The van der Waals surface area contributed by atoms with Crippen molar-refractivity contribution >= 4 is 5.69 Å². The topological polar surface area (TPSA) is 107 Å². The Labute approximate surface area is 102 Å². The Kier molecular flexibility index (Phi) is 2.99. The third-order valence-corrected chi connectivity index (χ3v) is 2.78. The van der Waals surface area contributed by atoms with Gasteiger partial charge in [-0.2, -0.15) is 0 Å². The minimum atomic E-state index is -0.491. The molecule has 3 N–H and O–H groups in total. The molecule has 1 heterocycles. The minimum Gasteiger partial charge on any atom is -0.326 e. The van der Waals surface area contributed by atoms with Crippen LogP contribution in [0.3, 0.4) is 0 Å². The molecule has 0 aliphatic rings. The first-order valence-electron chi connectivity index (χ1n) is 5.30. The lowest BCUT2D eigenvalue weighted by Gasteiger charge is -2.06. The first kappa shape index (κ1) is 12.1. The molecule has 18 heavy (non-hydrogen) atoms. The fourth-order valence-corrected chi connectivity index (χ4v) is 1.84. The van der Waals surface area contributed by atoms with Gasteiger partial charge in [-0.15, -0.1) is 0 Å². The highest BCUT2D eigenvalue weighted by atomic mass is 16.6. The summed E-state index contributed by atoms with van der Waals surface area (Å²) in [6, 6.07) is 6.20. The predicted octanol–water partition coefficient (Wildman–Crippen LogP) is 0.841. The molecule has 0 aliphatic carbocycles. The van der Waals surface area contributed by atoms with Crippen molar-refractivity contribution in [2.45, 2.75) is 13.5 Å². The zero-order valence-electron chi connectivity index (χ0n) is 9.71. The van der Waals surface area contributed by atoms with Gasteiger partial charge in [0.2, 0.25) is 0 Å². The van der Waals surface area contributed by atoms with E-state index in [-0.39, 0.29) is 17.8 Å². The van der Waals surface area contributed by atoms with Gasteiger partial charge in [-0.3, -0.25) is 24.7 Å². The van der Waals surface area contributed by atoms with Crippen LogP contribution in [0.1, 0.15) is 11.3 Å². The number of nitro benzene ring substituents is 1. The van der Waals surface area contributed by atoms with Gasteiger partial charge in [0.15, 0.2) is 0 Å². The number of H-pyrrole nitrogens is 1. The average Bonchev–Trinajstić information content (AvgIpc) is 2.64. The Morgan fingerprint density at radius 3 is 2.67 bits per heavy atom. The molecule has 0 atom stereocenters. The van der Waals surface area contributed by atoms with Crippen LogP contribution in [-0.2, 0) is 6.54 Å². The second kappa shape index (κ2) is 4.46. The van der Waals surface area contributed by atoms with E-state index in [0.29, 0.717) is 16.9 Å². The van der Waals surface area contributed by atoms with E-state index in [1.165, 1.54) is 10.7 Å². The van der Waals surface area contributed by atoms with Gasteiger partial charge in [0, 0.05) is 18.3 Å². The second-order valence-corrected chi connectivity index (χ2v) is 3.79. The van der Waals surface area contributed by atoms with E-state index in [4.69, 9.17) is 5.73 Å².